The SMILES string of the molecule is Clc1ccc2cc3c(cc2c1)Cc1ccccc1-3.Clc1ccc2cc3c4ccccc4n(-c4nc(-c5ccccc5)c5ccccc5n4)c3cc2c1.Clc1nc(-c2ccccc2)c2ccccc2n1.c1ccc(-c2nc(-n3c4ccccc4c4cc5ccc(-n6c7ccccc7c7ccccc76)cc5cc43)nc3ccccc23)cc1.c1ccc2c(c1)Cc1ccccc1-2. The van der Waals surface area contributed by atoms with Gasteiger partial charge in [-0.3, -0.25) is 9.13 Å². The van der Waals surface area contributed by atoms with Crippen LogP contribution in [-0.4, -0.2) is 43.6 Å². The highest BCUT2D eigenvalue weighted by Gasteiger charge is 2.24. The van der Waals surface area contributed by atoms with E-state index in [0.717, 1.165) is 128 Å². The maximum atomic E-state index is 6.33. The number of hydrogen-bond donors (Lipinski definition) is 0. The number of halogens is 3. The Labute approximate surface area is 752 Å². The molecule has 6 heterocycles. The Morgan fingerprint density at radius 2 is 0.523 bits per heavy atom. The molecule has 0 radical (unpaired) electrons. The zero-order valence-corrected chi connectivity index (χ0v) is 71.3. The minimum Gasteiger partial charge on any atom is -0.309 e. The Balaban J connectivity index is 0.0000000993. The van der Waals surface area contributed by atoms with E-state index in [9.17, 15) is 0 Å². The fraction of sp³-hybridized carbons (Fsp3) is 0.0172. The molecule has 0 aliphatic heterocycles. The predicted octanol–water partition coefficient (Wildman–Crippen LogP) is 31.1. The van der Waals surface area contributed by atoms with Gasteiger partial charge in [0.1, 0.15) is 0 Å². The van der Waals surface area contributed by atoms with Crippen LogP contribution in [0.3, 0.4) is 0 Å². The first-order valence-corrected chi connectivity index (χ1v) is 44.0. The molecule has 6 aromatic heterocycles. The topological polar surface area (TPSA) is 92.1 Å². The molecule has 0 saturated carbocycles. The molecule has 0 spiro atoms. The van der Waals surface area contributed by atoms with Gasteiger partial charge in [0, 0.05) is 80.9 Å². The highest BCUT2D eigenvalue weighted by molar-refractivity contribution is 6.32. The van der Waals surface area contributed by atoms with Crippen molar-refractivity contribution in [2.75, 3.05) is 0 Å². The van der Waals surface area contributed by atoms with Crippen molar-refractivity contribution in [2.24, 2.45) is 0 Å². The third-order valence-corrected chi connectivity index (χ3v) is 25.4. The molecule has 25 aromatic rings. The van der Waals surface area contributed by atoms with E-state index >= 15 is 0 Å². The van der Waals surface area contributed by atoms with Gasteiger partial charge in [-0.1, -0.05) is 339 Å². The number of hydrogen-bond acceptors (Lipinski definition) is 6. The molecule has 0 saturated heterocycles. The van der Waals surface area contributed by atoms with Gasteiger partial charge in [-0.25, -0.2) is 29.9 Å². The fourth-order valence-corrected chi connectivity index (χ4v) is 19.5. The van der Waals surface area contributed by atoms with Gasteiger partial charge in [-0.2, -0.15) is 0 Å². The van der Waals surface area contributed by atoms with Gasteiger partial charge < -0.3 is 4.57 Å². The number of fused-ring (bicyclic) bond motifs is 21. The van der Waals surface area contributed by atoms with Crippen LogP contribution >= 0.6 is 34.8 Å². The van der Waals surface area contributed by atoms with Crippen molar-refractivity contribution in [3.63, 3.8) is 0 Å². The fourth-order valence-electron chi connectivity index (χ4n) is 18.9. The van der Waals surface area contributed by atoms with Gasteiger partial charge in [-0.05, 0) is 210 Å². The van der Waals surface area contributed by atoms with Crippen LogP contribution in [0.25, 0.3) is 204 Å². The average molecular weight is 1700 g/mol. The highest BCUT2D eigenvalue weighted by Crippen LogP contribution is 2.44. The van der Waals surface area contributed by atoms with Crippen LogP contribution in [0, 0.1) is 0 Å². The van der Waals surface area contributed by atoms with E-state index in [0.29, 0.717) is 11.9 Å². The second kappa shape index (κ2) is 32.7. The Kier molecular flexibility index (Phi) is 19.7. The molecule has 0 N–H and O–H groups in total. The summed E-state index contributed by atoms with van der Waals surface area (Å²) in [6.45, 7) is 0. The summed E-state index contributed by atoms with van der Waals surface area (Å²) in [7, 11) is 0. The van der Waals surface area contributed by atoms with Crippen LogP contribution in [0.1, 0.15) is 22.3 Å². The van der Waals surface area contributed by atoms with Crippen LogP contribution in [-0.2, 0) is 12.8 Å². The van der Waals surface area contributed by atoms with Crippen LogP contribution < -0.4 is 0 Å². The molecule has 19 aromatic carbocycles. The van der Waals surface area contributed by atoms with E-state index in [1.165, 1.54) is 109 Å². The monoisotopic (exact) mass is 1700 g/mol. The smallest absolute Gasteiger partial charge is 0.235 e. The molecule has 0 atom stereocenters. The lowest BCUT2D eigenvalue weighted by Crippen LogP contribution is -2.03. The van der Waals surface area contributed by atoms with Crippen molar-refractivity contribution in [2.45, 2.75) is 12.8 Å². The van der Waals surface area contributed by atoms with E-state index in [1.807, 2.05) is 121 Å². The quantitative estimate of drug-likeness (QED) is 0.154. The first-order valence-electron chi connectivity index (χ1n) is 42.9. The standard InChI is InChI=1S/C42H26N4.C30H18ClN3.C17H11Cl.C14H9ClN2.C13H10/c1-2-12-27(13-3-1)41-34-17-4-8-18-36(34)43-42(44-41)46-39-21-11-7-16-33(39)35-25-28-22-23-30(24-29(28)26-40(35)46)45-37-19-9-5-14-31(37)32-15-6-10-20-38(32)45;31-22-15-14-20-17-25-23-10-5-7-13-27(23)34(28(25)18-21(20)16-22)30-32-26-12-6-4-11-24(26)29(33-30)19-8-2-1-3-9-19;18-15-6-5-11-10-17-14(8-13(11)9-15)7-12-3-1-2-4-16(12)17;15-14-16-12-9-5-4-8-11(12)13(17-14)10-6-2-1-3-7-10;1-3-7-12-10(5-1)9-11-6-2-4-8-13(11)12/h1-26H;1-18H;1-6,8-10H,7H2;1-9H;1-8H,9H2. The Morgan fingerprint density at radius 3 is 0.977 bits per heavy atom. The third-order valence-electron chi connectivity index (χ3n) is 24.8. The molecule has 0 bridgehead atoms. The van der Waals surface area contributed by atoms with Crippen molar-refractivity contribution in [1.29, 1.82) is 0 Å². The molecule has 0 amide bonds. The first-order chi connectivity index (χ1) is 63.2. The average Bonchev–Trinajstić information content (AvgIpc) is 1.58. The Hall–Kier alpha value is -15.8. The second-order valence-electron chi connectivity index (χ2n) is 32.4. The van der Waals surface area contributed by atoms with Gasteiger partial charge in [0.25, 0.3) is 0 Å². The summed E-state index contributed by atoms with van der Waals surface area (Å²) in [6.07, 6.45) is 2.14. The lowest BCUT2D eigenvalue weighted by atomic mass is 10.0. The molecular weight excluding hydrogens is 1630 g/mol. The molecule has 604 valence electrons. The molecule has 2 aliphatic rings. The first kappa shape index (κ1) is 77.1. The van der Waals surface area contributed by atoms with Crippen molar-refractivity contribution >= 4 is 165 Å². The van der Waals surface area contributed by atoms with Gasteiger partial charge in [0.15, 0.2) is 0 Å². The zero-order valence-electron chi connectivity index (χ0n) is 69.0. The molecule has 2 aliphatic carbocycles. The van der Waals surface area contributed by atoms with E-state index in [-0.39, 0.29) is 5.28 Å². The molecule has 128 heavy (non-hydrogen) atoms. The number of nitrogens with zero attached hydrogens (tertiary/aromatic N) is 9. The van der Waals surface area contributed by atoms with Crippen LogP contribution in [0.4, 0.5) is 0 Å². The highest BCUT2D eigenvalue weighted by atomic mass is 35.5. The molecule has 9 nitrogen and oxygen atoms in total. The van der Waals surface area contributed by atoms with E-state index in [2.05, 4.69) is 327 Å². The van der Waals surface area contributed by atoms with Crippen molar-refractivity contribution in [3.8, 4) is 73.6 Å². The van der Waals surface area contributed by atoms with E-state index < -0.39 is 0 Å². The minimum atomic E-state index is 0.280. The predicted molar refractivity (Wildman–Crippen MR) is 535 cm³/mol. The van der Waals surface area contributed by atoms with Crippen molar-refractivity contribution in [1.82, 2.24) is 43.6 Å². The van der Waals surface area contributed by atoms with Crippen LogP contribution in [0.2, 0.25) is 15.3 Å². The molecule has 0 fully saturated rings. The Bertz CT molecular complexity index is 8610. The summed E-state index contributed by atoms with van der Waals surface area (Å²) in [4.78, 5) is 29.1. The van der Waals surface area contributed by atoms with Gasteiger partial charge in [-0.15, -0.1) is 0 Å². The van der Waals surface area contributed by atoms with Crippen LogP contribution in [0.5, 0.6) is 0 Å². The maximum Gasteiger partial charge on any atom is 0.235 e. The maximum absolute atomic E-state index is 6.33. The number of rotatable bonds is 6. The summed E-state index contributed by atoms with van der Waals surface area (Å²) in [5, 5.41) is 19.2. The summed E-state index contributed by atoms with van der Waals surface area (Å²) in [6, 6.07) is 148. The minimum absolute atomic E-state index is 0.280. The summed E-state index contributed by atoms with van der Waals surface area (Å²) >= 11 is 18.3. The van der Waals surface area contributed by atoms with Gasteiger partial charge in [0.2, 0.25) is 17.2 Å². The molecule has 0 unspecified atom stereocenters. The van der Waals surface area contributed by atoms with Crippen molar-refractivity contribution in [3.05, 3.63) is 462 Å². The lowest BCUT2D eigenvalue weighted by Gasteiger charge is -2.12. The van der Waals surface area contributed by atoms with Gasteiger partial charge >= 0.3 is 0 Å². The lowest BCUT2D eigenvalue weighted by molar-refractivity contribution is 1.01. The molecule has 12 heteroatoms. The van der Waals surface area contributed by atoms with Crippen molar-refractivity contribution < 1.29 is 0 Å². The number of benzene rings is 19. The Morgan fingerprint density at radius 1 is 0.195 bits per heavy atom. The normalized spacial score (nSPS) is 11.8. The largest absolute Gasteiger partial charge is 0.309 e. The summed E-state index contributed by atoms with van der Waals surface area (Å²) < 4.78 is 6.78. The molecular formula is C116H74Cl3N9. The summed E-state index contributed by atoms with van der Waals surface area (Å²) in [5.74, 6) is 1.33. The van der Waals surface area contributed by atoms with Gasteiger partial charge in [0.05, 0.1) is 66.7 Å². The van der Waals surface area contributed by atoms with Crippen LogP contribution in [0.15, 0.2) is 425 Å². The molecule has 27 rings (SSSR count). The summed E-state index contributed by atoms with van der Waals surface area (Å²) in [5.41, 5.74) is 27.8. The van der Waals surface area contributed by atoms with E-state index in [1.54, 1.807) is 0 Å². The number of aromatic nitrogens is 9. The third kappa shape index (κ3) is 14.1. The van der Waals surface area contributed by atoms with E-state index in [4.69, 9.17) is 54.7 Å². The number of para-hydroxylation sites is 7. The zero-order chi connectivity index (χ0) is 85.3. The second-order valence-corrected chi connectivity index (χ2v) is 33.6.